The molecule has 2 heterocycles. The van der Waals surface area contributed by atoms with Gasteiger partial charge in [0.2, 0.25) is 5.88 Å². The molecule has 1 aliphatic heterocycles. The zero-order chi connectivity index (χ0) is 14.9. The van der Waals surface area contributed by atoms with Crippen molar-refractivity contribution in [2.24, 2.45) is 0 Å². The first-order chi connectivity index (χ1) is 10.2. The largest absolute Gasteiger partial charge is 0.481 e. The molecular formula is C15H17F2NO3. The predicted octanol–water partition coefficient (Wildman–Crippen LogP) is 3.34. The van der Waals surface area contributed by atoms with E-state index in [9.17, 15) is 8.78 Å². The van der Waals surface area contributed by atoms with Gasteiger partial charge in [0.05, 0.1) is 25.9 Å². The topological polar surface area (TPSA) is 40.6 Å². The van der Waals surface area contributed by atoms with Gasteiger partial charge in [0, 0.05) is 19.0 Å². The number of alkyl halides is 2. The van der Waals surface area contributed by atoms with Crippen molar-refractivity contribution < 1.29 is 23.0 Å². The molecule has 21 heavy (non-hydrogen) atoms. The van der Waals surface area contributed by atoms with E-state index in [2.05, 4.69) is 4.98 Å². The highest BCUT2D eigenvalue weighted by Gasteiger charge is 2.38. The van der Waals surface area contributed by atoms with Gasteiger partial charge in [0.15, 0.2) is 5.79 Å². The number of allylic oxidation sites excluding steroid dienone is 1. The van der Waals surface area contributed by atoms with Crippen molar-refractivity contribution >= 4 is 5.57 Å². The first kappa shape index (κ1) is 14.4. The highest BCUT2D eigenvalue weighted by Crippen LogP contribution is 2.41. The Balaban J connectivity index is 1.92. The van der Waals surface area contributed by atoms with Gasteiger partial charge in [-0.3, -0.25) is 0 Å². The third-order valence-corrected chi connectivity index (χ3v) is 3.96. The van der Waals surface area contributed by atoms with E-state index >= 15 is 0 Å². The molecule has 0 bridgehead atoms. The summed E-state index contributed by atoms with van der Waals surface area (Å²) in [5.41, 5.74) is 1.23. The molecule has 1 aromatic heterocycles. The molecule has 3 rings (SSSR count). The molecule has 0 N–H and O–H groups in total. The van der Waals surface area contributed by atoms with Crippen LogP contribution in [0.4, 0.5) is 8.78 Å². The minimum Gasteiger partial charge on any atom is -0.481 e. The van der Waals surface area contributed by atoms with Crippen molar-refractivity contribution in [3.8, 4) is 5.88 Å². The van der Waals surface area contributed by atoms with Gasteiger partial charge in [0.1, 0.15) is 0 Å². The smallest absolute Gasteiger partial charge is 0.269 e. The highest BCUT2D eigenvalue weighted by molar-refractivity contribution is 5.70. The molecule has 1 fully saturated rings. The summed E-state index contributed by atoms with van der Waals surface area (Å²) in [6.45, 7) is 1.18. The summed E-state index contributed by atoms with van der Waals surface area (Å²) in [7, 11) is 1.35. The Morgan fingerprint density at radius 3 is 2.67 bits per heavy atom. The van der Waals surface area contributed by atoms with Gasteiger partial charge in [0.25, 0.3) is 6.43 Å². The average molecular weight is 297 g/mol. The number of aromatic nitrogens is 1. The van der Waals surface area contributed by atoms with Crippen molar-refractivity contribution in [2.45, 2.75) is 31.5 Å². The summed E-state index contributed by atoms with van der Waals surface area (Å²) in [5.74, 6) is -0.567. The van der Waals surface area contributed by atoms with Crippen LogP contribution in [-0.4, -0.2) is 31.1 Å². The lowest BCUT2D eigenvalue weighted by molar-refractivity contribution is -0.159. The number of hydrogen-bond acceptors (Lipinski definition) is 4. The van der Waals surface area contributed by atoms with E-state index in [-0.39, 0.29) is 11.4 Å². The molecule has 1 aromatic rings. The molecule has 0 atom stereocenters. The Morgan fingerprint density at radius 1 is 1.33 bits per heavy atom. The number of ether oxygens (including phenoxy) is 3. The molecule has 0 saturated carbocycles. The van der Waals surface area contributed by atoms with Gasteiger partial charge in [-0.25, -0.2) is 13.8 Å². The van der Waals surface area contributed by atoms with Crippen molar-refractivity contribution in [2.75, 3.05) is 20.3 Å². The lowest BCUT2D eigenvalue weighted by atomic mass is 9.88. The monoisotopic (exact) mass is 297 g/mol. The minimum atomic E-state index is -2.63. The van der Waals surface area contributed by atoms with Crippen LogP contribution in [0.2, 0.25) is 0 Å². The quantitative estimate of drug-likeness (QED) is 0.858. The molecule has 2 aliphatic rings. The Kier molecular flexibility index (Phi) is 3.91. The molecule has 0 unspecified atom stereocenters. The van der Waals surface area contributed by atoms with Crippen molar-refractivity contribution in [1.29, 1.82) is 0 Å². The fourth-order valence-corrected chi connectivity index (χ4v) is 2.92. The molecule has 1 aliphatic carbocycles. The van der Waals surface area contributed by atoms with E-state index in [1.165, 1.54) is 13.3 Å². The average Bonchev–Trinajstić information content (AvgIpc) is 2.95. The number of hydrogen-bond donors (Lipinski definition) is 0. The lowest BCUT2D eigenvalue weighted by Crippen LogP contribution is -2.31. The Bertz CT molecular complexity index is 554. The molecule has 1 saturated heterocycles. The van der Waals surface area contributed by atoms with Crippen LogP contribution in [0.1, 0.15) is 36.8 Å². The SMILES string of the molecule is COc1nccc(C2=CCC3(CC2)OCCO3)c1C(F)F. The number of halogens is 2. The third-order valence-electron chi connectivity index (χ3n) is 3.96. The van der Waals surface area contributed by atoms with Gasteiger partial charge in [-0.05, 0) is 23.6 Å². The number of rotatable bonds is 3. The van der Waals surface area contributed by atoms with Crippen molar-refractivity contribution in [3.05, 3.63) is 29.5 Å². The third kappa shape index (κ3) is 2.65. The molecule has 0 aromatic carbocycles. The molecule has 0 radical (unpaired) electrons. The van der Waals surface area contributed by atoms with Crippen LogP contribution in [-0.2, 0) is 9.47 Å². The van der Waals surface area contributed by atoms with E-state index in [0.29, 0.717) is 38.0 Å². The van der Waals surface area contributed by atoms with Crippen LogP contribution in [0.5, 0.6) is 5.88 Å². The van der Waals surface area contributed by atoms with E-state index in [0.717, 1.165) is 5.57 Å². The number of pyridine rings is 1. The minimum absolute atomic E-state index is 0.0166. The van der Waals surface area contributed by atoms with Crippen LogP contribution in [0.3, 0.4) is 0 Å². The van der Waals surface area contributed by atoms with E-state index < -0.39 is 12.2 Å². The summed E-state index contributed by atoms with van der Waals surface area (Å²) >= 11 is 0. The second-order valence-corrected chi connectivity index (χ2v) is 5.12. The maximum absolute atomic E-state index is 13.3. The van der Waals surface area contributed by atoms with Gasteiger partial charge < -0.3 is 14.2 Å². The van der Waals surface area contributed by atoms with Crippen LogP contribution < -0.4 is 4.74 Å². The summed E-state index contributed by atoms with van der Waals surface area (Å²) in [6, 6.07) is 1.62. The normalized spacial score (nSPS) is 20.9. The Hall–Kier alpha value is -1.53. The van der Waals surface area contributed by atoms with Gasteiger partial charge in [-0.2, -0.15) is 0 Å². The van der Waals surface area contributed by atoms with Crippen LogP contribution in [0.15, 0.2) is 18.3 Å². The van der Waals surface area contributed by atoms with E-state index in [1.54, 1.807) is 6.07 Å². The maximum Gasteiger partial charge on any atom is 0.269 e. The van der Waals surface area contributed by atoms with Crippen molar-refractivity contribution in [1.82, 2.24) is 4.98 Å². The van der Waals surface area contributed by atoms with Gasteiger partial charge in [-0.1, -0.05) is 6.08 Å². The van der Waals surface area contributed by atoms with Crippen LogP contribution >= 0.6 is 0 Å². The van der Waals surface area contributed by atoms with Crippen LogP contribution in [0.25, 0.3) is 5.57 Å². The first-order valence-corrected chi connectivity index (χ1v) is 6.93. The molecule has 114 valence electrons. The highest BCUT2D eigenvalue weighted by atomic mass is 19.3. The van der Waals surface area contributed by atoms with E-state index in [1.807, 2.05) is 6.08 Å². The Morgan fingerprint density at radius 2 is 2.10 bits per heavy atom. The summed E-state index contributed by atoms with van der Waals surface area (Å²) in [5, 5.41) is 0. The van der Waals surface area contributed by atoms with Gasteiger partial charge >= 0.3 is 0 Å². The standard InChI is InChI=1S/C15H17F2NO3/c1-19-14-12(13(16)17)11(4-7-18-14)10-2-5-15(6-3-10)20-8-9-21-15/h2,4,7,13H,3,5-6,8-9H2,1H3. The van der Waals surface area contributed by atoms with Crippen LogP contribution in [0, 0.1) is 0 Å². The zero-order valence-electron chi connectivity index (χ0n) is 11.8. The fraction of sp³-hybridized carbons (Fsp3) is 0.533. The second kappa shape index (κ2) is 5.69. The summed E-state index contributed by atoms with van der Waals surface area (Å²) < 4.78 is 42.9. The second-order valence-electron chi connectivity index (χ2n) is 5.12. The van der Waals surface area contributed by atoms with Crippen molar-refractivity contribution in [3.63, 3.8) is 0 Å². The molecule has 4 nitrogen and oxygen atoms in total. The summed E-state index contributed by atoms with van der Waals surface area (Å²) in [6.07, 6.45) is 2.68. The number of nitrogens with zero attached hydrogens (tertiary/aromatic N) is 1. The molecular weight excluding hydrogens is 280 g/mol. The molecule has 1 spiro atoms. The molecule has 0 amide bonds. The first-order valence-electron chi connectivity index (χ1n) is 6.93. The number of methoxy groups -OCH3 is 1. The summed E-state index contributed by atoms with van der Waals surface area (Å²) in [4.78, 5) is 3.87. The fourth-order valence-electron chi connectivity index (χ4n) is 2.92. The predicted molar refractivity (Wildman–Crippen MR) is 72.2 cm³/mol. The zero-order valence-corrected chi connectivity index (χ0v) is 11.8. The molecule has 6 heteroatoms. The lowest BCUT2D eigenvalue weighted by Gasteiger charge is -2.31. The van der Waals surface area contributed by atoms with Gasteiger partial charge in [-0.15, -0.1) is 0 Å². The Labute approximate surface area is 121 Å². The maximum atomic E-state index is 13.3. The van der Waals surface area contributed by atoms with E-state index in [4.69, 9.17) is 14.2 Å².